The molecule has 1 fully saturated rings. The molecule has 186 valence electrons. The van der Waals surface area contributed by atoms with E-state index >= 15 is 0 Å². The maximum absolute atomic E-state index is 14.2. The van der Waals surface area contributed by atoms with E-state index in [2.05, 4.69) is 35.3 Å². The molecule has 34 heavy (non-hydrogen) atoms. The van der Waals surface area contributed by atoms with Crippen LogP contribution in [-0.4, -0.2) is 67.4 Å². The zero-order valence-electron chi connectivity index (χ0n) is 17.3. The molecule has 0 radical (unpaired) electrons. The Morgan fingerprint density at radius 2 is 2.00 bits per heavy atom. The molecule has 1 atom stereocenters. The first-order valence-electron chi connectivity index (χ1n) is 9.10. The Kier molecular flexibility index (Phi) is 6.65. The number of cyclic esters (lactones) is 1. The zero-order chi connectivity index (χ0) is 25.3. The van der Waals surface area contributed by atoms with Crippen LogP contribution in [0.5, 0.6) is 0 Å². The first-order valence-corrected chi connectivity index (χ1v) is 9.10. The minimum Gasteiger partial charge on any atom is -0.430 e. The van der Waals surface area contributed by atoms with E-state index in [-0.39, 0.29) is 5.95 Å². The summed E-state index contributed by atoms with van der Waals surface area (Å²) in [6, 6.07) is 1.34. The largest absolute Gasteiger partial charge is 0.439 e. The number of nitrogens with one attached hydrogen (secondary N) is 1. The van der Waals surface area contributed by atoms with Crippen molar-refractivity contribution in [2.24, 2.45) is 7.05 Å². The monoisotopic (exact) mass is 499 g/mol. The molecule has 18 heteroatoms. The Hall–Kier alpha value is -3.54. The summed E-state index contributed by atoms with van der Waals surface area (Å²) >= 11 is 0. The molecule has 0 aliphatic carbocycles. The summed E-state index contributed by atoms with van der Waals surface area (Å²) in [6.07, 6.45) is -10.8. The number of nitrogens with zero attached hydrogens (tertiary/aromatic N) is 6. The fourth-order valence-electron chi connectivity index (χ4n) is 2.64. The molecule has 0 saturated carbocycles. The molecule has 3 heterocycles. The van der Waals surface area contributed by atoms with Crippen molar-refractivity contribution >= 4 is 17.9 Å². The number of ether oxygens (including phenoxy) is 3. The number of aromatic nitrogens is 5. The number of amides is 2. The minimum atomic E-state index is -4.88. The zero-order valence-corrected chi connectivity index (χ0v) is 17.3. The lowest BCUT2D eigenvalue weighted by Crippen LogP contribution is -2.50. The highest BCUT2D eigenvalue weighted by Crippen LogP contribution is 2.38. The highest BCUT2D eigenvalue weighted by atomic mass is 19.4. The second-order valence-electron chi connectivity index (χ2n) is 7.02. The fourth-order valence-corrected chi connectivity index (χ4v) is 2.64. The van der Waals surface area contributed by atoms with Gasteiger partial charge in [0.2, 0.25) is 11.5 Å². The van der Waals surface area contributed by atoms with Crippen molar-refractivity contribution in [3.8, 4) is 0 Å². The average Bonchev–Trinajstić information content (AvgIpc) is 3.26. The molecule has 1 aliphatic heterocycles. The van der Waals surface area contributed by atoms with Gasteiger partial charge in [0.25, 0.3) is 5.91 Å². The predicted molar refractivity (Wildman–Crippen MR) is 94.4 cm³/mol. The summed E-state index contributed by atoms with van der Waals surface area (Å²) in [5.41, 5.74) is -5.02. The number of alkyl halides is 5. The summed E-state index contributed by atoms with van der Waals surface area (Å²) in [6.45, 7) is -2.54. The summed E-state index contributed by atoms with van der Waals surface area (Å²) in [4.78, 5) is 26.9. The second-order valence-corrected chi connectivity index (χ2v) is 7.02. The van der Waals surface area contributed by atoms with Crippen molar-refractivity contribution in [3.05, 3.63) is 29.1 Å². The van der Waals surface area contributed by atoms with E-state index in [1.807, 2.05) is 0 Å². The van der Waals surface area contributed by atoms with Crippen LogP contribution >= 0.6 is 0 Å². The molecule has 0 aromatic carbocycles. The van der Waals surface area contributed by atoms with Gasteiger partial charge in [-0.15, -0.1) is 5.12 Å². The summed E-state index contributed by atoms with van der Waals surface area (Å²) in [5, 5.41) is 11.9. The van der Waals surface area contributed by atoms with Gasteiger partial charge in [0, 0.05) is 7.05 Å². The Bertz CT molecular complexity index is 1080. The topological polar surface area (TPSA) is 134 Å². The van der Waals surface area contributed by atoms with Crippen LogP contribution in [0.3, 0.4) is 0 Å². The van der Waals surface area contributed by atoms with E-state index in [0.29, 0.717) is 13.0 Å². The number of anilines is 1. The lowest BCUT2D eigenvalue weighted by Gasteiger charge is -2.29. The Balaban J connectivity index is 1.71. The number of halogens is 6. The van der Waals surface area contributed by atoms with Gasteiger partial charge in [-0.3, -0.25) is 14.8 Å². The molecule has 0 spiro atoms. The smallest absolute Gasteiger partial charge is 0.430 e. The molecular weight excluding hydrogens is 484 g/mol. The lowest BCUT2D eigenvalue weighted by molar-refractivity contribution is -0.340. The van der Waals surface area contributed by atoms with Gasteiger partial charge in [-0.1, -0.05) is 9.58 Å². The van der Waals surface area contributed by atoms with Gasteiger partial charge in [0.05, 0.1) is 17.9 Å². The third-order valence-corrected chi connectivity index (χ3v) is 4.48. The fraction of sp³-hybridized carbons (Fsp3) is 0.500. The van der Waals surface area contributed by atoms with E-state index in [0.717, 1.165) is 10.7 Å². The van der Waals surface area contributed by atoms with Crippen LogP contribution < -0.4 is 5.32 Å². The number of hydrogen-bond donors (Lipinski definition) is 1. The summed E-state index contributed by atoms with van der Waals surface area (Å²) in [5.74, 6) is -1.10. The van der Waals surface area contributed by atoms with E-state index in [9.17, 15) is 36.0 Å². The molecule has 2 aromatic heterocycles. The van der Waals surface area contributed by atoms with E-state index < -0.39 is 71.9 Å². The Labute approximate surface area is 185 Å². The predicted octanol–water partition coefficient (Wildman–Crippen LogP) is 2.06. The van der Waals surface area contributed by atoms with Crippen LogP contribution in [0.15, 0.2) is 12.1 Å². The number of carbonyl (C=O) groups excluding carboxylic acids is 2. The van der Waals surface area contributed by atoms with Crippen LogP contribution in [0.25, 0.3) is 0 Å². The van der Waals surface area contributed by atoms with E-state index in [1.165, 1.54) is 7.05 Å². The highest BCUT2D eigenvalue weighted by molar-refractivity contribution is 6.04. The quantitative estimate of drug-likeness (QED) is 0.251. The Morgan fingerprint density at radius 1 is 1.29 bits per heavy atom. The van der Waals surface area contributed by atoms with Gasteiger partial charge < -0.3 is 9.47 Å². The molecule has 2 amide bonds. The molecular formula is C16H15F6N7O5. The van der Waals surface area contributed by atoms with Crippen molar-refractivity contribution < 1.29 is 50.2 Å². The molecule has 0 bridgehead atoms. The molecule has 3 rings (SSSR count). The molecule has 1 unspecified atom stereocenters. The van der Waals surface area contributed by atoms with Crippen LogP contribution in [0.2, 0.25) is 0 Å². The highest BCUT2D eigenvalue weighted by Gasteiger charge is 2.61. The van der Waals surface area contributed by atoms with Crippen molar-refractivity contribution in [1.82, 2.24) is 30.3 Å². The third kappa shape index (κ3) is 5.16. The SMILES string of the molecule is Cn1nnnc1NC(=O)c1ccc(C(F)(F)F)nc1COCOC(F)(F)C1(C)CN(F)C(=O)O1. The number of aryl methyl sites for hydroxylation is 1. The summed E-state index contributed by atoms with van der Waals surface area (Å²) in [7, 11) is 1.38. The first-order chi connectivity index (χ1) is 15.7. The van der Waals surface area contributed by atoms with Crippen LogP contribution in [0.1, 0.15) is 28.7 Å². The van der Waals surface area contributed by atoms with E-state index in [1.54, 1.807) is 0 Å². The van der Waals surface area contributed by atoms with Crippen LogP contribution in [0.4, 0.5) is 37.2 Å². The van der Waals surface area contributed by atoms with Gasteiger partial charge in [-0.2, -0.15) is 22.0 Å². The maximum Gasteiger partial charge on any atom is 0.439 e. The number of tetrazole rings is 1. The van der Waals surface area contributed by atoms with Gasteiger partial charge in [-0.05, 0) is 29.5 Å². The van der Waals surface area contributed by atoms with Crippen LogP contribution in [-0.2, 0) is 34.0 Å². The molecule has 12 nitrogen and oxygen atoms in total. The van der Waals surface area contributed by atoms with Gasteiger partial charge >= 0.3 is 18.4 Å². The van der Waals surface area contributed by atoms with Crippen molar-refractivity contribution in [2.75, 3.05) is 18.7 Å². The Morgan fingerprint density at radius 3 is 2.56 bits per heavy atom. The third-order valence-electron chi connectivity index (χ3n) is 4.48. The number of hydrogen-bond acceptors (Lipinski definition) is 9. The summed E-state index contributed by atoms with van der Waals surface area (Å²) < 4.78 is 95.2. The van der Waals surface area contributed by atoms with Crippen molar-refractivity contribution in [2.45, 2.75) is 31.4 Å². The van der Waals surface area contributed by atoms with Crippen molar-refractivity contribution in [3.63, 3.8) is 0 Å². The maximum atomic E-state index is 14.2. The van der Waals surface area contributed by atoms with Crippen LogP contribution in [0, 0.1) is 0 Å². The average molecular weight is 499 g/mol. The van der Waals surface area contributed by atoms with Gasteiger partial charge in [0.15, 0.2) is 6.79 Å². The number of carbonyl (C=O) groups is 2. The molecule has 1 aliphatic rings. The lowest BCUT2D eigenvalue weighted by atomic mass is 10.1. The minimum absolute atomic E-state index is 0.138. The van der Waals surface area contributed by atoms with E-state index in [4.69, 9.17) is 4.74 Å². The molecule has 1 N–H and O–H groups in total. The van der Waals surface area contributed by atoms with Gasteiger partial charge in [-0.25, -0.2) is 14.5 Å². The first kappa shape index (κ1) is 25.1. The van der Waals surface area contributed by atoms with Gasteiger partial charge in [0.1, 0.15) is 12.2 Å². The van der Waals surface area contributed by atoms with Crippen molar-refractivity contribution in [1.29, 1.82) is 0 Å². The molecule has 1 saturated heterocycles. The number of rotatable bonds is 8. The molecule has 2 aromatic rings. The standard InChI is InChI=1S/C16H15F6N7O5/c1-14(6-29(22)13(31)34-14)16(20,21)33-7-32-5-9-8(3-4-10(23-9)15(17,18)19)11(30)24-12-25-26-27-28(12)2/h3-4H,5-7H2,1-2H3,(H,24,25,27,30). The second kappa shape index (κ2) is 9.01. The normalized spacial score (nSPS) is 18.8. The number of pyridine rings is 1.